The van der Waals surface area contributed by atoms with Crippen molar-refractivity contribution in [3.63, 3.8) is 0 Å². The van der Waals surface area contributed by atoms with Crippen LogP contribution < -0.4 is 14.8 Å². The van der Waals surface area contributed by atoms with Crippen LogP contribution in [0.15, 0.2) is 26.5 Å². The van der Waals surface area contributed by atoms with Crippen molar-refractivity contribution in [2.75, 3.05) is 13.7 Å². The minimum absolute atomic E-state index is 0.106. The predicted octanol–water partition coefficient (Wildman–Crippen LogP) is 4.36. The van der Waals surface area contributed by atoms with Crippen LogP contribution in [0.25, 0.3) is 6.08 Å². The van der Waals surface area contributed by atoms with E-state index in [0.29, 0.717) is 34.2 Å². The van der Waals surface area contributed by atoms with Gasteiger partial charge in [-0.25, -0.2) is 0 Å². The van der Waals surface area contributed by atoms with E-state index >= 15 is 0 Å². The number of thioether (sulfide) groups is 1. The van der Waals surface area contributed by atoms with Crippen LogP contribution in [0.4, 0.5) is 0 Å². The lowest BCUT2D eigenvalue weighted by molar-refractivity contribution is -0.115. The van der Waals surface area contributed by atoms with Gasteiger partial charge in [0.1, 0.15) is 0 Å². The quantitative estimate of drug-likeness (QED) is 0.713. The predicted molar refractivity (Wildman–Crippen MR) is 105 cm³/mol. The zero-order chi connectivity index (χ0) is 17.8. The second-order valence-corrected chi connectivity index (χ2v) is 7.79. The zero-order valence-corrected chi connectivity index (χ0v) is 16.7. The van der Waals surface area contributed by atoms with Crippen molar-refractivity contribution in [3.8, 4) is 11.5 Å². The molecule has 1 saturated carbocycles. The number of hydrogen-bond donors (Lipinski definition) is 1. The average molecular weight is 425 g/mol. The molecular weight excluding hydrogens is 404 g/mol. The smallest absolute Gasteiger partial charge is 0.264 e. The topological polar surface area (TPSA) is 59.9 Å². The number of nitrogens with one attached hydrogen (secondary N) is 1. The molecule has 1 aliphatic heterocycles. The van der Waals surface area contributed by atoms with Crippen molar-refractivity contribution in [2.45, 2.75) is 38.6 Å². The summed E-state index contributed by atoms with van der Waals surface area (Å²) in [6, 6.07) is 4.13. The van der Waals surface area contributed by atoms with Gasteiger partial charge in [-0.2, -0.15) is 0 Å². The molecule has 1 saturated heterocycles. The van der Waals surface area contributed by atoms with Crippen molar-refractivity contribution in [1.29, 1.82) is 0 Å². The number of ether oxygens (including phenoxy) is 2. The van der Waals surface area contributed by atoms with Crippen molar-refractivity contribution >= 4 is 44.8 Å². The minimum Gasteiger partial charge on any atom is -0.493 e. The highest BCUT2D eigenvalue weighted by molar-refractivity contribution is 9.10. The van der Waals surface area contributed by atoms with Gasteiger partial charge in [0.25, 0.3) is 5.91 Å². The van der Waals surface area contributed by atoms with Crippen LogP contribution in [0.5, 0.6) is 11.5 Å². The lowest BCUT2D eigenvalue weighted by Crippen LogP contribution is -2.21. The molecule has 0 spiro atoms. The Morgan fingerprint density at radius 2 is 2.16 bits per heavy atom. The summed E-state index contributed by atoms with van der Waals surface area (Å²) in [7, 11) is 1.60. The summed E-state index contributed by atoms with van der Waals surface area (Å²) in [6.07, 6.45) is 6.52. The SMILES string of the molecule is CCOc1c(Br)cc(/C=C2\SC(=NC3CCCC3)NC2=O)cc1OC. The molecular formula is C18H21BrN2O3S. The first-order valence-electron chi connectivity index (χ1n) is 8.39. The molecule has 7 heteroatoms. The fraction of sp³-hybridized carbons (Fsp3) is 0.444. The number of rotatable bonds is 5. The van der Waals surface area contributed by atoms with Crippen molar-refractivity contribution in [3.05, 3.63) is 27.1 Å². The maximum atomic E-state index is 12.2. The molecule has 25 heavy (non-hydrogen) atoms. The van der Waals surface area contributed by atoms with E-state index < -0.39 is 0 Å². The molecule has 2 fully saturated rings. The van der Waals surface area contributed by atoms with E-state index in [4.69, 9.17) is 9.47 Å². The lowest BCUT2D eigenvalue weighted by atomic mass is 10.2. The van der Waals surface area contributed by atoms with Crippen LogP contribution in [0, 0.1) is 0 Å². The maximum absolute atomic E-state index is 12.2. The Labute approximate surface area is 160 Å². The van der Waals surface area contributed by atoms with Gasteiger partial charge >= 0.3 is 0 Å². The Morgan fingerprint density at radius 3 is 2.84 bits per heavy atom. The molecule has 2 aliphatic rings. The first-order valence-corrected chi connectivity index (χ1v) is 10.0. The van der Waals surface area contributed by atoms with Gasteiger partial charge in [0.15, 0.2) is 16.7 Å². The maximum Gasteiger partial charge on any atom is 0.264 e. The van der Waals surface area contributed by atoms with Gasteiger partial charge in [-0.3, -0.25) is 9.79 Å². The van der Waals surface area contributed by atoms with E-state index in [2.05, 4.69) is 26.2 Å². The Morgan fingerprint density at radius 1 is 1.40 bits per heavy atom. The highest BCUT2D eigenvalue weighted by atomic mass is 79.9. The third-order valence-corrected chi connectivity index (χ3v) is 5.63. The van der Waals surface area contributed by atoms with Gasteiger partial charge in [-0.15, -0.1) is 0 Å². The number of carbonyl (C=O) groups excluding carboxylic acids is 1. The molecule has 0 bridgehead atoms. The molecule has 0 aromatic heterocycles. The summed E-state index contributed by atoms with van der Waals surface area (Å²) in [6.45, 7) is 2.47. The molecule has 0 radical (unpaired) electrons. The van der Waals surface area contributed by atoms with Gasteiger partial charge in [0, 0.05) is 0 Å². The number of benzene rings is 1. The van der Waals surface area contributed by atoms with E-state index in [0.717, 1.165) is 22.9 Å². The summed E-state index contributed by atoms with van der Waals surface area (Å²) in [5, 5.41) is 3.57. The molecule has 134 valence electrons. The second-order valence-electron chi connectivity index (χ2n) is 5.90. The molecule has 3 rings (SSSR count). The molecule has 1 aromatic rings. The van der Waals surface area contributed by atoms with E-state index in [1.165, 1.54) is 24.6 Å². The molecule has 0 atom stereocenters. The van der Waals surface area contributed by atoms with Crippen molar-refractivity contribution < 1.29 is 14.3 Å². The fourth-order valence-corrected chi connectivity index (χ4v) is 4.41. The Balaban J connectivity index is 1.82. The van der Waals surface area contributed by atoms with Crippen LogP contribution in [0.2, 0.25) is 0 Å². The summed E-state index contributed by atoms with van der Waals surface area (Å²) >= 11 is 4.91. The number of methoxy groups -OCH3 is 1. The van der Waals surface area contributed by atoms with Gasteiger partial charge in [-0.05, 0) is 71.2 Å². The van der Waals surface area contributed by atoms with E-state index in [1.807, 2.05) is 25.1 Å². The highest BCUT2D eigenvalue weighted by Crippen LogP contribution is 2.38. The third kappa shape index (κ3) is 4.39. The van der Waals surface area contributed by atoms with E-state index in [9.17, 15) is 4.79 Å². The molecule has 1 N–H and O–H groups in total. The van der Waals surface area contributed by atoms with Crippen LogP contribution in [0.3, 0.4) is 0 Å². The number of aliphatic imine (C=N–C) groups is 1. The second kappa shape index (κ2) is 8.27. The Hall–Kier alpha value is -1.47. The third-order valence-electron chi connectivity index (χ3n) is 4.11. The number of hydrogen-bond acceptors (Lipinski definition) is 5. The molecule has 5 nitrogen and oxygen atoms in total. The number of amides is 1. The molecule has 1 heterocycles. The van der Waals surface area contributed by atoms with Crippen molar-refractivity contribution in [1.82, 2.24) is 5.32 Å². The van der Waals surface area contributed by atoms with Gasteiger partial charge in [0.2, 0.25) is 0 Å². The fourth-order valence-electron chi connectivity index (χ4n) is 2.95. The van der Waals surface area contributed by atoms with E-state index in [-0.39, 0.29) is 5.91 Å². The summed E-state index contributed by atoms with van der Waals surface area (Å²) in [5.74, 6) is 1.19. The zero-order valence-electron chi connectivity index (χ0n) is 14.3. The van der Waals surface area contributed by atoms with Gasteiger partial charge in [0.05, 0.1) is 29.1 Å². The largest absolute Gasteiger partial charge is 0.493 e. The number of halogens is 1. The average Bonchev–Trinajstić information content (AvgIpc) is 3.20. The van der Waals surface area contributed by atoms with Gasteiger partial charge < -0.3 is 14.8 Å². The molecule has 1 aliphatic carbocycles. The molecule has 1 amide bonds. The molecule has 1 aromatic carbocycles. The summed E-state index contributed by atoms with van der Waals surface area (Å²) in [5.41, 5.74) is 0.868. The number of carbonyl (C=O) groups is 1. The summed E-state index contributed by atoms with van der Waals surface area (Å²) in [4.78, 5) is 17.5. The van der Waals surface area contributed by atoms with Crippen LogP contribution in [-0.4, -0.2) is 30.8 Å². The van der Waals surface area contributed by atoms with Crippen LogP contribution in [0.1, 0.15) is 38.2 Å². The minimum atomic E-state index is -0.106. The standard InChI is InChI=1S/C18H21BrN2O3S/c1-3-24-16-13(19)8-11(9-14(16)23-2)10-15-17(22)21-18(25-15)20-12-6-4-5-7-12/h8-10,12H,3-7H2,1-2H3,(H,20,21,22)/b15-10-. The van der Waals surface area contributed by atoms with Crippen molar-refractivity contribution in [2.24, 2.45) is 4.99 Å². The number of amidine groups is 1. The normalized spacial score (nSPS) is 21.2. The Kier molecular flexibility index (Phi) is 6.06. The summed E-state index contributed by atoms with van der Waals surface area (Å²) < 4.78 is 11.8. The highest BCUT2D eigenvalue weighted by Gasteiger charge is 2.26. The molecule has 0 unspecified atom stereocenters. The number of nitrogens with zero attached hydrogens (tertiary/aromatic N) is 1. The first kappa shape index (κ1) is 18.3. The van der Waals surface area contributed by atoms with Gasteiger partial charge in [-0.1, -0.05) is 12.8 Å². The monoisotopic (exact) mass is 424 g/mol. The van der Waals surface area contributed by atoms with E-state index in [1.54, 1.807) is 7.11 Å². The first-order chi connectivity index (χ1) is 12.1. The van der Waals surface area contributed by atoms with Crippen LogP contribution >= 0.6 is 27.7 Å². The van der Waals surface area contributed by atoms with Crippen LogP contribution in [-0.2, 0) is 4.79 Å². The Bertz CT molecular complexity index is 727. The lowest BCUT2D eigenvalue weighted by Gasteiger charge is -2.12.